The summed E-state index contributed by atoms with van der Waals surface area (Å²) in [6, 6.07) is 4.18. The molecule has 2 N–H and O–H groups in total. The van der Waals surface area contributed by atoms with Gasteiger partial charge in [0.25, 0.3) is 0 Å². The van der Waals surface area contributed by atoms with Gasteiger partial charge in [-0.2, -0.15) is 5.10 Å². The predicted octanol–water partition coefficient (Wildman–Crippen LogP) is 2.54. The third-order valence-electron chi connectivity index (χ3n) is 3.43. The molecule has 6 nitrogen and oxygen atoms in total. The van der Waals surface area contributed by atoms with Crippen LogP contribution in [-0.4, -0.2) is 39.0 Å². The third-order valence-corrected chi connectivity index (χ3v) is 4.41. The molecule has 2 rings (SSSR count). The maximum absolute atomic E-state index is 12.3. The highest BCUT2D eigenvalue weighted by atomic mass is 32.1. The molecule has 0 fully saturated rings. The van der Waals surface area contributed by atoms with Crippen LogP contribution in [0.4, 0.5) is 4.79 Å². The number of rotatable bonds is 7. The SMILES string of the molecule is Cc1ccc(CN(CCO)C(=O)NCc2cnn(C(C)C)c2)s1. The number of carbonyl (C=O) groups is 1. The minimum absolute atomic E-state index is 0.0525. The second kappa shape index (κ2) is 8.12. The average Bonchev–Trinajstić information content (AvgIpc) is 3.13. The first-order chi connectivity index (χ1) is 11.0. The van der Waals surface area contributed by atoms with Crippen molar-refractivity contribution < 1.29 is 9.90 Å². The van der Waals surface area contributed by atoms with Crippen LogP contribution < -0.4 is 5.32 Å². The second-order valence-electron chi connectivity index (χ2n) is 5.74. The lowest BCUT2D eigenvalue weighted by molar-refractivity contribution is 0.174. The van der Waals surface area contributed by atoms with E-state index >= 15 is 0 Å². The highest BCUT2D eigenvalue weighted by molar-refractivity contribution is 7.11. The Labute approximate surface area is 140 Å². The first-order valence-electron chi connectivity index (χ1n) is 7.71. The number of thiophene rings is 1. The zero-order valence-corrected chi connectivity index (χ0v) is 14.6. The van der Waals surface area contributed by atoms with Crippen LogP contribution in [0.5, 0.6) is 0 Å². The summed E-state index contributed by atoms with van der Waals surface area (Å²) in [6.45, 7) is 7.35. The quantitative estimate of drug-likeness (QED) is 0.816. The predicted molar refractivity (Wildman–Crippen MR) is 91.4 cm³/mol. The highest BCUT2D eigenvalue weighted by Crippen LogP contribution is 2.17. The summed E-state index contributed by atoms with van der Waals surface area (Å²) in [6.07, 6.45) is 3.70. The number of hydrogen-bond donors (Lipinski definition) is 2. The van der Waals surface area contributed by atoms with Crippen LogP contribution in [0.1, 0.15) is 35.2 Å². The van der Waals surface area contributed by atoms with Crippen LogP contribution >= 0.6 is 11.3 Å². The van der Waals surface area contributed by atoms with E-state index in [0.29, 0.717) is 25.7 Å². The van der Waals surface area contributed by atoms with E-state index in [-0.39, 0.29) is 12.6 Å². The standard InChI is InChI=1S/C16H24N4O2S/c1-12(2)20-10-14(9-18-20)8-17-16(22)19(6-7-21)11-15-5-4-13(3)23-15/h4-5,9-10,12,21H,6-8,11H2,1-3H3,(H,17,22). The molecule has 2 heterocycles. The Balaban J connectivity index is 1.91. The molecule has 0 aliphatic carbocycles. The summed E-state index contributed by atoms with van der Waals surface area (Å²) in [7, 11) is 0. The van der Waals surface area contributed by atoms with Gasteiger partial charge in [-0.1, -0.05) is 0 Å². The fourth-order valence-corrected chi connectivity index (χ4v) is 3.08. The number of nitrogens with one attached hydrogen (secondary N) is 1. The molecule has 0 aliphatic rings. The monoisotopic (exact) mass is 336 g/mol. The van der Waals surface area contributed by atoms with Crippen molar-refractivity contribution in [1.29, 1.82) is 0 Å². The normalized spacial score (nSPS) is 11.0. The molecule has 7 heteroatoms. The summed E-state index contributed by atoms with van der Waals surface area (Å²) in [5, 5.41) is 16.3. The molecule has 2 aromatic rings. The van der Waals surface area contributed by atoms with E-state index < -0.39 is 0 Å². The topological polar surface area (TPSA) is 70.4 Å². The van der Waals surface area contributed by atoms with Gasteiger partial charge in [0.1, 0.15) is 0 Å². The zero-order valence-electron chi connectivity index (χ0n) is 13.8. The van der Waals surface area contributed by atoms with Crippen molar-refractivity contribution in [3.8, 4) is 0 Å². The molecule has 126 valence electrons. The number of carbonyl (C=O) groups excluding carboxylic acids is 1. The van der Waals surface area contributed by atoms with Crippen molar-refractivity contribution in [3.05, 3.63) is 39.8 Å². The van der Waals surface area contributed by atoms with Gasteiger partial charge in [-0.3, -0.25) is 4.68 Å². The number of urea groups is 1. The highest BCUT2D eigenvalue weighted by Gasteiger charge is 2.14. The van der Waals surface area contributed by atoms with E-state index in [1.807, 2.05) is 29.9 Å². The number of aromatic nitrogens is 2. The molecule has 0 atom stereocenters. The van der Waals surface area contributed by atoms with E-state index in [0.717, 1.165) is 10.4 Å². The Morgan fingerprint density at radius 3 is 2.83 bits per heavy atom. The summed E-state index contributed by atoms with van der Waals surface area (Å²) in [4.78, 5) is 16.3. The Hall–Kier alpha value is -1.86. The van der Waals surface area contributed by atoms with Gasteiger partial charge in [0.2, 0.25) is 0 Å². The summed E-state index contributed by atoms with van der Waals surface area (Å²) < 4.78 is 1.86. The van der Waals surface area contributed by atoms with Gasteiger partial charge >= 0.3 is 6.03 Å². The Kier molecular flexibility index (Phi) is 6.18. The molecule has 0 spiro atoms. The number of aliphatic hydroxyl groups excluding tert-OH is 1. The van der Waals surface area contributed by atoms with Crippen molar-refractivity contribution >= 4 is 17.4 Å². The van der Waals surface area contributed by atoms with Crippen molar-refractivity contribution in [2.45, 2.75) is 39.9 Å². The van der Waals surface area contributed by atoms with Crippen molar-refractivity contribution in [2.75, 3.05) is 13.2 Å². The molecule has 0 aromatic carbocycles. The molecule has 0 saturated carbocycles. The van der Waals surface area contributed by atoms with Gasteiger partial charge in [-0.25, -0.2) is 4.79 Å². The van der Waals surface area contributed by atoms with Crippen LogP contribution in [0.3, 0.4) is 0 Å². The first-order valence-corrected chi connectivity index (χ1v) is 8.53. The van der Waals surface area contributed by atoms with Gasteiger partial charge in [-0.05, 0) is 32.9 Å². The number of aryl methyl sites for hydroxylation is 1. The lowest BCUT2D eigenvalue weighted by Crippen LogP contribution is -2.40. The molecule has 23 heavy (non-hydrogen) atoms. The Bertz CT molecular complexity index is 636. The zero-order chi connectivity index (χ0) is 16.8. The summed E-state index contributed by atoms with van der Waals surface area (Å²) >= 11 is 1.66. The molecule has 0 radical (unpaired) electrons. The average molecular weight is 336 g/mol. The Morgan fingerprint density at radius 2 is 2.26 bits per heavy atom. The van der Waals surface area contributed by atoms with E-state index in [1.54, 1.807) is 22.4 Å². The minimum Gasteiger partial charge on any atom is -0.395 e. The van der Waals surface area contributed by atoms with E-state index in [1.165, 1.54) is 4.88 Å². The van der Waals surface area contributed by atoms with Crippen molar-refractivity contribution in [3.63, 3.8) is 0 Å². The second-order valence-corrected chi connectivity index (χ2v) is 7.11. The van der Waals surface area contributed by atoms with Gasteiger partial charge in [0.05, 0.1) is 19.3 Å². The number of amides is 2. The fraction of sp³-hybridized carbons (Fsp3) is 0.500. The molecule has 0 saturated heterocycles. The van der Waals surface area contributed by atoms with Crippen molar-refractivity contribution in [1.82, 2.24) is 20.0 Å². The van der Waals surface area contributed by atoms with Crippen LogP contribution in [0.2, 0.25) is 0 Å². The molecular formula is C16H24N4O2S. The van der Waals surface area contributed by atoms with Crippen LogP contribution in [0.25, 0.3) is 0 Å². The van der Waals surface area contributed by atoms with E-state index in [4.69, 9.17) is 0 Å². The molecule has 0 unspecified atom stereocenters. The molecule has 0 aliphatic heterocycles. The Morgan fingerprint density at radius 1 is 1.48 bits per heavy atom. The number of nitrogens with zero attached hydrogens (tertiary/aromatic N) is 3. The summed E-state index contributed by atoms with van der Waals surface area (Å²) in [5.41, 5.74) is 0.961. The van der Waals surface area contributed by atoms with Crippen molar-refractivity contribution in [2.24, 2.45) is 0 Å². The lowest BCUT2D eigenvalue weighted by Gasteiger charge is -2.21. The fourth-order valence-electron chi connectivity index (χ4n) is 2.17. The van der Waals surface area contributed by atoms with Crippen LogP contribution in [-0.2, 0) is 13.1 Å². The van der Waals surface area contributed by atoms with Crippen LogP contribution in [0, 0.1) is 6.92 Å². The first kappa shape index (κ1) is 17.5. The molecular weight excluding hydrogens is 312 g/mol. The maximum atomic E-state index is 12.3. The van der Waals surface area contributed by atoms with Gasteiger partial charge < -0.3 is 15.3 Å². The molecule has 2 amide bonds. The number of hydrogen-bond acceptors (Lipinski definition) is 4. The van der Waals surface area contributed by atoms with E-state index in [9.17, 15) is 9.90 Å². The molecule has 0 bridgehead atoms. The molecule has 2 aromatic heterocycles. The lowest BCUT2D eigenvalue weighted by atomic mass is 10.3. The maximum Gasteiger partial charge on any atom is 0.318 e. The van der Waals surface area contributed by atoms with E-state index in [2.05, 4.69) is 24.3 Å². The van der Waals surface area contributed by atoms with Gasteiger partial charge in [-0.15, -0.1) is 11.3 Å². The smallest absolute Gasteiger partial charge is 0.318 e. The number of aliphatic hydroxyl groups is 1. The van der Waals surface area contributed by atoms with Gasteiger partial charge in [0, 0.05) is 40.6 Å². The summed E-state index contributed by atoms with van der Waals surface area (Å²) in [5.74, 6) is 0. The minimum atomic E-state index is -0.178. The van der Waals surface area contributed by atoms with Gasteiger partial charge in [0.15, 0.2) is 0 Å². The third kappa shape index (κ3) is 5.07. The van der Waals surface area contributed by atoms with Crippen LogP contribution in [0.15, 0.2) is 24.5 Å². The largest absolute Gasteiger partial charge is 0.395 e.